The Hall–Kier alpha value is -0.0400. The highest BCUT2D eigenvalue weighted by Crippen LogP contribution is 2.26. The van der Waals surface area contributed by atoms with Crippen molar-refractivity contribution in [2.24, 2.45) is 17.8 Å². The molecule has 0 aromatic heterocycles. The van der Waals surface area contributed by atoms with Crippen LogP contribution in [0.3, 0.4) is 0 Å². The van der Waals surface area contributed by atoms with Crippen molar-refractivity contribution in [2.45, 2.75) is 47.1 Å². The van der Waals surface area contributed by atoms with E-state index in [1.54, 1.807) is 0 Å². The van der Waals surface area contributed by atoms with Crippen molar-refractivity contribution in [1.29, 1.82) is 0 Å². The fraction of sp³-hybridized carbons (Fsp3) is 1.00. The van der Waals surface area contributed by atoms with Crippen molar-refractivity contribution in [3.63, 3.8) is 0 Å². The number of hydrogen-bond donors (Lipinski definition) is 1. The quantitative estimate of drug-likeness (QED) is 0.670. The first-order valence-electron chi connectivity index (χ1n) is 5.21. The lowest BCUT2D eigenvalue weighted by molar-refractivity contribution is 0.209. The fourth-order valence-electron chi connectivity index (χ4n) is 2.19. The van der Waals surface area contributed by atoms with Crippen molar-refractivity contribution in [3.8, 4) is 0 Å². The summed E-state index contributed by atoms with van der Waals surface area (Å²) in [6.07, 6.45) is 1.29. The Bertz CT molecular complexity index is 99.6. The average Bonchev–Trinajstić information content (AvgIpc) is 2.03. The molecule has 0 aromatic rings. The monoisotopic (exact) mass is 171 g/mol. The Balaban J connectivity index is 4.21. The minimum Gasteiger partial charge on any atom is -0.317 e. The molecule has 0 fully saturated rings. The van der Waals surface area contributed by atoms with E-state index in [4.69, 9.17) is 0 Å². The summed E-state index contributed by atoms with van der Waals surface area (Å²) in [5, 5.41) is 3.36. The molecule has 74 valence electrons. The van der Waals surface area contributed by atoms with E-state index in [9.17, 15) is 0 Å². The van der Waals surface area contributed by atoms with Crippen LogP contribution in [-0.4, -0.2) is 13.1 Å². The topological polar surface area (TPSA) is 12.0 Å². The molecule has 0 rings (SSSR count). The van der Waals surface area contributed by atoms with Crippen LogP contribution in [0.25, 0.3) is 0 Å². The van der Waals surface area contributed by atoms with Crippen LogP contribution in [0.4, 0.5) is 0 Å². The molecule has 0 radical (unpaired) electrons. The van der Waals surface area contributed by atoms with Gasteiger partial charge in [0, 0.05) is 6.04 Å². The van der Waals surface area contributed by atoms with Crippen molar-refractivity contribution >= 4 is 0 Å². The van der Waals surface area contributed by atoms with Gasteiger partial charge in [-0.1, -0.05) is 34.1 Å². The van der Waals surface area contributed by atoms with Gasteiger partial charge >= 0.3 is 0 Å². The largest absolute Gasteiger partial charge is 0.317 e. The maximum Gasteiger partial charge on any atom is 0.00689 e. The number of nitrogens with one attached hydrogen (secondary N) is 1. The van der Waals surface area contributed by atoms with Gasteiger partial charge in [-0.3, -0.25) is 0 Å². The molecule has 0 saturated carbocycles. The molecule has 0 spiro atoms. The van der Waals surface area contributed by atoms with E-state index in [0.29, 0.717) is 6.04 Å². The Labute approximate surface area is 77.9 Å². The molecule has 0 heterocycles. The molecule has 0 saturated heterocycles. The zero-order valence-electron chi connectivity index (χ0n) is 9.52. The molecule has 0 aliphatic rings. The van der Waals surface area contributed by atoms with Gasteiger partial charge in [0.1, 0.15) is 0 Å². The third kappa shape index (κ3) is 3.14. The number of rotatable bonds is 5. The van der Waals surface area contributed by atoms with Gasteiger partial charge in [0.05, 0.1) is 0 Å². The van der Waals surface area contributed by atoms with Gasteiger partial charge in [0.15, 0.2) is 0 Å². The molecular weight excluding hydrogens is 146 g/mol. The highest BCUT2D eigenvalue weighted by molar-refractivity contribution is 4.77. The molecule has 1 N–H and O–H groups in total. The predicted molar refractivity (Wildman–Crippen MR) is 56.3 cm³/mol. The van der Waals surface area contributed by atoms with Crippen LogP contribution in [0.5, 0.6) is 0 Å². The highest BCUT2D eigenvalue weighted by Gasteiger charge is 2.24. The molecular formula is C11H25N. The minimum atomic E-state index is 0.639. The molecule has 1 heteroatoms. The van der Waals surface area contributed by atoms with E-state index in [1.165, 1.54) is 6.42 Å². The standard InChI is InChI=1S/C11H25N/c1-7-9(4)11(8(2)3)10(5)12-6/h8-12H,7H2,1-6H3. The lowest BCUT2D eigenvalue weighted by Gasteiger charge is -2.32. The first-order valence-corrected chi connectivity index (χ1v) is 5.21. The van der Waals surface area contributed by atoms with Crippen LogP contribution in [0.2, 0.25) is 0 Å². The van der Waals surface area contributed by atoms with Crippen molar-refractivity contribution in [3.05, 3.63) is 0 Å². The van der Waals surface area contributed by atoms with Crippen LogP contribution in [0, 0.1) is 17.8 Å². The zero-order chi connectivity index (χ0) is 9.72. The molecule has 0 aliphatic carbocycles. The third-order valence-corrected chi connectivity index (χ3v) is 3.10. The van der Waals surface area contributed by atoms with Crippen molar-refractivity contribution in [2.75, 3.05) is 7.05 Å². The SMILES string of the molecule is CCC(C)C(C(C)C)C(C)NC. The fourth-order valence-corrected chi connectivity index (χ4v) is 2.19. The molecule has 12 heavy (non-hydrogen) atoms. The van der Waals surface area contributed by atoms with Crippen LogP contribution in [0.1, 0.15) is 41.0 Å². The zero-order valence-corrected chi connectivity index (χ0v) is 9.52. The summed E-state index contributed by atoms with van der Waals surface area (Å²) >= 11 is 0. The summed E-state index contributed by atoms with van der Waals surface area (Å²) < 4.78 is 0. The van der Waals surface area contributed by atoms with Gasteiger partial charge < -0.3 is 5.32 Å². The van der Waals surface area contributed by atoms with Crippen LogP contribution in [-0.2, 0) is 0 Å². The van der Waals surface area contributed by atoms with Gasteiger partial charge in [-0.05, 0) is 31.7 Å². The smallest absolute Gasteiger partial charge is 0.00689 e. The van der Waals surface area contributed by atoms with Crippen LogP contribution >= 0.6 is 0 Å². The van der Waals surface area contributed by atoms with Gasteiger partial charge in [-0.25, -0.2) is 0 Å². The van der Waals surface area contributed by atoms with E-state index < -0.39 is 0 Å². The summed E-state index contributed by atoms with van der Waals surface area (Å²) in [4.78, 5) is 0. The van der Waals surface area contributed by atoms with E-state index in [1.807, 2.05) is 0 Å². The first-order chi connectivity index (χ1) is 5.54. The maximum absolute atomic E-state index is 3.36. The average molecular weight is 171 g/mol. The van der Waals surface area contributed by atoms with Crippen molar-refractivity contribution in [1.82, 2.24) is 5.32 Å². The van der Waals surface area contributed by atoms with E-state index in [2.05, 4.69) is 47.0 Å². The summed E-state index contributed by atoms with van der Waals surface area (Å²) in [6.45, 7) is 11.6. The lowest BCUT2D eigenvalue weighted by atomic mass is 9.78. The Morgan fingerprint density at radius 3 is 1.83 bits per heavy atom. The number of hydrogen-bond acceptors (Lipinski definition) is 1. The second-order valence-electron chi connectivity index (χ2n) is 4.28. The molecule has 1 nitrogen and oxygen atoms in total. The lowest BCUT2D eigenvalue weighted by Crippen LogP contribution is -2.37. The van der Waals surface area contributed by atoms with Gasteiger partial charge in [-0.15, -0.1) is 0 Å². The molecule has 0 amide bonds. The second kappa shape index (κ2) is 5.58. The normalized spacial score (nSPS) is 19.2. The van der Waals surface area contributed by atoms with Gasteiger partial charge in [-0.2, -0.15) is 0 Å². The summed E-state index contributed by atoms with van der Waals surface area (Å²) in [5.74, 6) is 2.41. The molecule has 3 unspecified atom stereocenters. The second-order valence-corrected chi connectivity index (χ2v) is 4.28. The van der Waals surface area contributed by atoms with E-state index in [-0.39, 0.29) is 0 Å². The predicted octanol–water partition coefficient (Wildman–Crippen LogP) is 2.91. The Morgan fingerprint density at radius 2 is 1.58 bits per heavy atom. The highest BCUT2D eigenvalue weighted by atomic mass is 14.9. The van der Waals surface area contributed by atoms with Crippen LogP contribution in [0.15, 0.2) is 0 Å². The summed E-state index contributed by atoms with van der Waals surface area (Å²) in [7, 11) is 2.06. The van der Waals surface area contributed by atoms with Crippen LogP contribution < -0.4 is 5.32 Å². The van der Waals surface area contributed by atoms with Gasteiger partial charge in [0.25, 0.3) is 0 Å². The maximum atomic E-state index is 3.36. The molecule has 3 atom stereocenters. The molecule has 0 aromatic carbocycles. The van der Waals surface area contributed by atoms with Crippen molar-refractivity contribution < 1.29 is 0 Å². The Morgan fingerprint density at radius 1 is 1.08 bits per heavy atom. The first kappa shape index (κ1) is 12.0. The van der Waals surface area contributed by atoms with E-state index >= 15 is 0 Å². The third-order valence-electron chi connectivity index (χ3n) is 3.10. The summed E-state index contributed by atoms with van der Waals surface area (Å²) in [5.41, 5.74) is 0. The summed E-state index contributed by atoms with van der Waals surface area (Å²) in [6, 6.07) is 0.639. The van der Waals surface area contributed by atoms with Gasteiger partial charge in [0.2, 0.25) is 0 Å². The minimum absolute atomic E-state index is 0.639. The Kier molecular flexibility index (Phi) is 5.56. The molecule has 0 bridgehead atoms. The molecule has 0 aliphatic heterocycles. The van der Waals surface area contributed by atoms with E-state index in [0.717, 1.165) is 17.8 Å².